The smallest absolute Gasteiger partial charge is 0.128 e. The largest absolute Gasteiger partial charge is 0.508 e. The number of phenolic OH excluding ortho intramolecular Hbond substituents is 4. The average molecular weight is 537 g/mol. The molecule has 4 heteroatoms. The first-order chi connectivity index (χ1) is 20.0. The predicted octanol–water partition coefficient (Wildman–Crippen LogP) is 8.23. The topological polar surface area (TPSA) is 80.9 Å². The van der Waals surface area contributed by atoms with E-state index in [9.17, 15) is 20.4 Å². The van der Waals surface area contributed by atoms with Crippen molar-refractivity contribution in [3.63, 3.8) is 0 Å². The van der Waals surface area contributed by atoms with Crippen LogP contribution in [0, 0.1) is 0 Å². The van der Waals surface area contributed by atoms with Crippen molar-refractivity contribution in [3.8, 4) is 45.3 Å². The zero-order chi connectivity index (χ0) is 28.4. The maximum absolute atomic E-state index is 12.1. The Balaban J connectivity index is 1.73. The molecule has 6 aromatic carbocycles. The molecule has 4 nitrogen and oxygen atoms in total. The molecule has 6 aromatic rings. The van der Waals surface area contributed by atoms with E-state index in [0.29, 0.717) is 22.3 Å². The Morgan fingerprint density at radius 1 is 0.341 bits per heavy atom. The van der Waals surface area contributed by atoms with Gasteiger partial charge in [-0.25, -0.2) is 0 Å². The van der Waals surface area contributed by atoms with Crippen LogP contribution >= 0.6 is 0 Å². The summed E-state index contributed by atoms with van der Waals surface area (Å²) in [5.41, 5.74) is 4.51. The number of phenols is 4. The van der Waals surface area contributed by atoms with Crippen LogP contribution in [0.15, 0.2) is 146 Å². The Hall–Kier alpha value is -5.48. The summed E-state index contributed by atoms with van der Waals surface area (Å²) >= 11 is 0. The minimum atomic E-state index is -1.11. The lowest BCUT2D eigenvalue weighted by Gasteiger charge is -2.38. The fraction of sp³-hybridized carbons (Fsp3) is 0.0270. The van der Waals surface area contributed by atoms with Gasteiger partial charge < -0.3 is 20.4 Å². The highest BCUT2D eigenvalue weighted by atomic mass is 16.3. The zero-order valence-corrected chi connectivity index (χ0v) is 22.1. The molecular weight excluding hydrogens is 508 g/mol. The van der Waals surface area contributed by atoms with Crippen LogP contribution in [0.5, 0.6) is 23.0 Å². The minimum absolute atomic E-state index is 0.0698. The van der Waals surface area contributed by atoms with Crippen molar-refractivity contribution in [1.82, 2.24) is 0 Å². The Morgan fingerprint density at radius 3 is 1.07 bits per heavy atom. The third-order valence-electron chi connectivity index (χ3n) is 7.65. The van der Waals surface area contributed by atoms with E-state index in [1.165, 1.54) is 0 Å². The Kier molecular flexibility index (Phi) is 6.66. The molecule has 0 fully saturated rings. The van der Waals surface area contributed by atoms with Gasteiger partial charge in [-0.05, 0) is 46.5 Å². The lowest BCUT2D eigenvalue weighted by atomic mass is 9.64. The molecule has 0 atom stereocenters. The highest BCUT2D eigenvalue weighted by Crippen LogP contribution is 2.53. The van der Waals surface area contributed by atoms with E-state index in [-0.39, 0.29) is 23.0 Å². The molecule has 0 amide bonds. The van der Waals surface area contributed by atoms with Crippen molar-refractivity contribution < 1.29 is 20.4 Å². The molecule has 0 aliphatic rings. The molecule has 6 rings (SSSR count). The molecule has 0 aromatic heterocycles. The maximum atomic E-state index is 12.1. The summed E-state index contributed by atoms with van der Waals surface area (Å²) in [7, 11) is 0. The highest BCUT2D eigenvalue weighted by Gasteiger charge is 2.43. The molecule has 0 spiro atoms. The van der Waals surface area contributed by atoms with Crippen LogP contribution in [0.25, 0.3) is 22.3 Å². The molecule has 41 heavy (non-hydrogen) atoms. The van der Waals surface area contributed by atoms with E-state index >= 15 is 0 Å². The van der Waals surface area contributed by atoms with E-state index in [1.54, 1.807) is 48.5 Å². The van der Waals surface area contributed by atoms with Gasteiger partial charge in [0, 0.05) is 22.3 Å². The number of para-hydroxylation sites is 2. The summed E-state index contributed by atoms with van der Waals surface area (Å²) in [5.74, 6) is 0.423. The molecule has 0 heterocycles. The van der Waals surface area contributed by atoms with Crippen LogP contribution in [0.2, 0.25) is 0 Å². The lowest BCUT2D eigenvalue weighted by Crippen LogP contribution is -2.31. The highest BCUT2D eigenvalue weighted by molar-refractivity contribution is 5.80. The third-order valence-corrected chi connectivity index (χ3v) is 7.65. The summed E-state index contributed by atoms with van der Waals surface area (Å²) in [6.45, 7) is 0. The van der Waals surface area contributed by atoms with E-state index in [4.69, 9.17) is 0 Å². The molecule has 0 radical (unpaired) electrons. The summed E-state index contributed by atoms with van der Waals surface area (Å²) in [6.07, 6.45) is 0. The minimum Gasteiger partial charge on any atom is -0.508 e. The average Bonchev–Trinajstić information content (AvgIpc) is 3.01. The van der Waals surface area contributed by atoms with Crippen LogP contribution in [-0.4, -0.2) is 20.4 Å². The third kappa shape index (κ3) is 4.46. The standard InChI is InChI=1S/C37H28O4/c38-29-21-17-25(18-22-29)31-13-7-15-33(35(31)40)37(27-9-3-1-4-10-27,28-11-5-2-6-12-28)34-16-8-14-32(36(34)41)26-19-23-30(39)24-20-26/h1-24,38-41H. The number of hydrogen-bond donors (Lipinski definition) is 4. The number of benzene rings is 6. The fourth-order valence-electron chi connectivity index (χ4n) is 5.75. The van der Waals surface area contributed by atoms with Crippen molar-refractivity contribution >= 4 is 0 Å². The molecule has 4 N–H and O–H groups in total. The van der Waals surface area contributed by atoms with E-state index < -0.39 is 5.41 Å². The van der Waals surface area contributed by atoms with Crippen LogP contribution in [0.3, 0.4) is 0 Å². The van der Waals surface area contributed by atoms with Gasteiger partial charge in [0.15, 0.2) is 0 Å². The number of rotatable bonds is 6. The van der Waals surface area contributed by atoms with E-state index in [1.807, 2.05) is 97.1 Å². The van der Waals surface area contributed by atoms with Gasteiger partial charge in [0.25, 0.3) is 0 Å². The van der Waals surface area contributed by atoms with Gasteiger partial charge in [0.1, 0.15) is 23.0 Å². The van der Waals surface area contributed by atoms with Gasteiger partial charge in [-0.1, -0.05) is 121 Å². The number of hydrogen-bond acceptors (Lipinski definition) is 4. The Labute approximate surface area is 238 Å². The second kappa shape index (κ2) is 10.6. The lowest BCUT2D eigenvalue weighted by molar-refractivity contribution is 0.449. The number of aromatic hydroxyl groups is 4. The summed E-state index contributed by atoms with van der Waals surface area (Å²) in [4.78, 5) is 0. The normalized spacial score (nSPS) is 11.3. The van der Waals surface area contributed by atoms with Gasteiger partial charge >= 0.3 is 0 Å². The van der Waals surface area contributed by atoms with Crippen molar-refractivity contribution in [3.05, 3.63) is 168 Å². The van der Waals surface area contributed by atoms with E-state index in [0.717, 1.165) is 22.3 Å². The monoisotopic (exact) mass is 536 g/mol. The van der Waals surface area contributed by atoms with Gasteiger partial charge in [0.2, 0.25) is 0 Å². The SMILES string of the molecule is Oc1ccc(-c2cccc(C(c3ccccc3)(c3ccccc3)c3cccc(-c4ccc(O)cc4)c3O)c2O)cc1. The van der Waals surface area contributed by atoms with Gasteiger partial charge in [-0.3, -0.25) is 0 Å². The first kappa shape index (κ1) is 25.8. The molecular formula is C37H28O4. The van der Waals surface area contributed by atoms with E-state index in [2.05, 4.69) is 0 Å². The van der Waals surface area contributed by atoms with Crippen LogP contribution in [-0.2, 0) is 5.41 Å². The van der Waals surface area contributed by atoms with Crippen molar-refractivity contribution in [2.75, 3.05) is 0 Å². The van der Waals surface area contributed by atoms with Crippen LogP contribution < -0.4 is 0 Å². The van der Waals surface area contributed by atoms with Crippen molar-refractivity contribution in [1.29, 1.82) is 0 Å². The van der Waals surface area contributed by atoms with Crippen LogP contribution in [0.4, 0.5) is 0 Å². The zero-order valence-electron chi connectivity index (χ0n) is 22.1. The summed E-state index contributed by atoms with van der Waals surface area (Å²) in [6, 6.07) is 44.5. The predicted molar refractivity (Wildman–Crippen MR) is 162 cm³/mol. The Bertz CT molecular complexity index is 1660. The second-order valence-corrected chi connectivity index (χ2v) is 9.98. The second-order valence-electron chi connectivity index (χ2n) is 9.98. The van der Waals surface area contributed by atoms with Gasteiger partial charge in [-0.15, -0.1) is 0 Å². The molecule has 0 unspecified atom stereocenters. The fourth-order valence-corrected chi connectivity index (χ4v) is 5.75. The maximum Gasteiger partial charge on any atom is 0.128 e. The van der Waals surface area contributed by atoms with Gasteiger partial charge in [-0.2, -0.15) is 0 Å². The summed E-state index contributed by atoms with van der Waals surface area (Å²) in [5, 5.41) is 43.9. The molecule has 200 valence electrons. The van der Waals surface area contributed by atoms with Gasteiger partial charge in [0.05, 0.1) is 5.41 Å². The molecule has 0 aliphatic carbocycles. The summed E-state index contributed by atoms with van der Waals surface area (Å²) < 4.78 is 0. The molecule has 0 aliphatic heterocycles. The quantitative estimate of drug-likeness (QED) is 0.162. The van der Waals surface area contributed by atoms with Crippen LogP contribution in [0.1, 0.15) is 22.3 Å². The first-order valence-electron chi connectivity index (χ1n) is 13.3. The molecule has 0 saturated carbocycles. The first-order valence-corrected chi connectivity index (χ1v) is 13.3. The molecule has 0 saturated heterocycles. The van der Waals surface area contributed by atoms with Crippen molar-refractivity contribution in [2.45, 2.75) is 5.41 Å². The van der Waals surface area contributed by atoms with Crippen molar-refractivity contribution in [2.24, 2.45) is 0 Å². The molecule has 0 bridgehead atoms. The Morgan fingerprint density at radius 2 is 0.707 bits per heavy atom.